The van der Waals surface area contributed by atoms with Gasteiger partial charge >= 0.3 is 0 Å². The summed E-state index contributed by atoms with van der Waals surface area (Å²) >= 11 is 0. The number of carbonyl (C=O) groups excluding carboxylic acids is 1. The highest BCUT2D eigenvalue weighted by atomic mass is 19.1. The summed E-state index contributed by atoms with van der Waals surface area (Å²) in [5.41, 5.74) is 0.188. The molecule has 1 heterocycles. The van der Waals surface area contributed by atoms with E-state index in [-0.39, 0.29) is 24.3 Å². The number of ether oxygens (including phenoxy) is 1. The highest BCUT2D eigenvalue weighted by Crippen LogP contribution is 2.12. The lowest BCUT2D eigenvalue weighted by atomic mass is 10.1. The average Bonchev–Trinajstić information content (AvgIpc) is 2.40. The van der Waals surface area contributed by atoms with Crippen LogP contribution in [0.2, 0.25) is 0 Å². The number of hydrogen-bond acceptors (Lipinski definition) is 3. The highest BCUT2D eigenvalue weighted by molar-refractivity contribution is 5.91. The SMILES string of the molecule is O=C(COC1CCCNC1)Nc1ccccc1F. The third-order valence-electron chi connectivity index (χ3n) is 2.85. The minimum Gasteiger partial charge on any atom is -0.367 e. The first-order valence-corrected chi connectivity index (χ1v) is 6.12. The van der Waals surface area contributed by atoms with Gasteiger partial charge in [0.25, 0.3) is 0 Å². The van der Waals surface area contributed by atoms with Crippen LogP contribution in [0.25, 0.3) is 0 Å². The maximum absolute atomic E-state index is 13.3. The van der Waals surface area contributed by atoms with Crippen molar-refractivity contribution in [2.45, 2.75) is 18.9 Å². The molecule has 98 valence electrons. The van der Waals surface area contributed by atoms with Crippen molar-refractivity contribution >= 4 is 11.6 Å². The number of halogens is 1. The molecule has 18 heavy (non-hydrogen) atoms. The van der Waals surface area contributed by atoms with Gasteiger partial charge in [-0.1, -0.05) is 12.1 Å². The first kappa shape index (κ1) is 13.0. The van der Waals surface area contributed by atoms with Crippen LogP contribution in [0.4, 0.5) is 10.1 Å². The number of carbonyl (C=O) groups is 1. The minimum atomic E-state index is -0.440. The summed E-state index contributed by atoms with van der Waals surface area (Å²) in [4.78, 5) is 11.6. The molecule has 2 N–H and O–H groups in total. The predicted molar refractivity (Wildman–Crippen MR) is 66.9 cm³/mol. The number of nitrogens with one attached hydrogen (secondary N) is 2. The Morgan fingerprint density at radius 2 is 2.33 bits per heavy atom. The fourth-order valence-corrected chi connectivity index (χ4v) is 1.90. The molecule has 0 bridgehead atoms. The molecule has 1 aliphatic heterocycles. The number of para-hydroxylation sites is 1. The maximum atomic E-state index is 13.3. The molecule has 4 nitrogen and oxygen atoms in total. The van der Waals surface area contributed by atoms with Crippen LogP contribution < -0.4 is 10.6 Å². The van der Waals surface area contributed by atoms with E-state index in [0.717, 1.165) is 25.9 Å². The molecule has 1 aliphatic rings. The molecule has 0 radical (unpaired) electrons. The molecule has 1 aromatic carbocycles. The normalized spacial score (nSPS) is 19.5. The van der Waals surface area contributed by atoms with Crippen molar-refractivity contribution in [3.8, 4) is 0 Å². The number of anilines is 1. The first-order valence-electron chi connectivity index (χ1n) is 6.12. The predicted octanol–water partition coefficient (Wildman–Crippen LogP) is 1.53. The Balaban J connectivity index is 1.76. The van der Waals surface area contributed by atoms with Crippen LogP contribution in [0.5, 0.6) is 0 Å². The van der Waals surface area contributed by atoms with Gasteiger partial charge in [-0.25, -0.2) is 4.39 Å². The van der Waals surface area contributed by atoms with Gasteiger partial charge in [0.1, 0.15) is 12.4 Å². The Bertz CT molecular complexity index is 406. The molecule has 0 aliphatic carbocycles. The zero-order chi connectivity index (χ0) is 12.8. The Morgan fingerprint density at radius 1 is 1.50 bits per heavy atom. The summed E-state index contributed by atoms with van der Waals surface area (Å²) < 4.78 is 18.7. The van der Waals surface area contributed by atoms with Gasteiger partial charge < -0.3 is 15.4 Å². The number of amides is 1. The molecule has 1 saturated heterocycles. The smallest absolute Gasteiger partial charge is 0.250 e. The van der Waals surface area contributed by atoms with E-state index in [2.05, 4.69) is 10.6 Å². The van der Waals surface area contributed by atoms with E-state index in [9.17, 15) is 9.18 Å². The lowest BCUT2D eigenvalue weighted by Crippen LogP contribution is -2.37. The van der Waals surface area contributed by atoms with E-state index in [1.165, 1.54) is 12.1 Å². The number of benzene rings is 1. The van der Waals surface area contributed by atoms with Crippen LogP contribution in [0.15, 0.2) is 24.3 Å². The lowest BCUT2D eigenvalue weighted by molar-refractivity contribution is -0.122. The molecular formula is C13H17FN2O2. The zero-order valence-corrected chi connectivity index (χ0v) is 10.1. The van der Waals surface area contributed by atoms with E-state index in [1.54, 1.807) is 12.1 Å². The van der Waals surface area contributed by atoms with E-state index in [1.807, 2.05) is 0 Å². The minimum absolute atomic E-state index is 0.0410. The van der Waals surface area contributed by atoms with Crippen molar-refractivity contribution in [2.24, 2.45) is 0 Å². The van der Waals surface area contributed by atoms with Gasteiger partial charge in [0.05, 0.1) is 11.8 Å². The van der Waals surface area contributed by atoms with Crippen molar-refractivity contribution < 1.29 is 13.9 Å². The topological polar surface area (TPSA) is 50.4 Å². The molecule has 5 heteroatoms. The van der Waals surface area contributed by atoms with E-state index < -0.39 is 5.82 Å². The second kappa shape index (κ2) is 6.47. The van der Waals surface area contributed by atoms with Gasteiger partial charge in [-0.3, -0.25) is 4.79 Å². The molecule has 0 spiro atoms. The van der Waals surface area contributed by atoms with Crippen LogP contribution in [0.3, 0.4) is 0 Å². The molecule has 1 amide bonds. The molecule has 1 unspecified atom stereocenters. The standard InChI is InChI=1S/C13H17FN2O2/c14-11-5-1-2-6-12(11)16-13(17)9-18-10-4-3-7-15-8-10/h1-2,5-6,10,15H,3-4,7-9H2,(H,16,17). The van der Waals surface area contributed by atoms with Crippen LogP contribution in [0.1, 0.15) is 12.8 Å². The molecule has 2 rings (SSSR count). The van der Waals surface area contributed by atoms with Crippen molar-refractivity contribution in [2.75, 3.05) is 25.0 Å². The summed E-state index contributed by atoms with van der Waals surface area (Å²) in [5, 5.41) is 5.69. The Kier molecular flexibility index (Phi) is 4.66. The summed E-state index contributed by atoms with van der Waals surface area (Å²) in [7, 11) is 0. The third-order valence-corrected chi connectivity index (χ3v) is 2.85. The van der Waals surface area contributed by atoms with E-state index in [4.69, 9.17) is 4.74 Å². The fourth-order valence-electron chi connectivity index (χ4n) is 1.90. The largest absolute Gasteiger partial charge is 0.367 e. The van der Waals surface area contributed by atoms with Gasteiger partial charge in [0, 0.05) is 6.54 Å². The van der Waals surface area contributed by atoms with E-state index in [0.29, 0.717) is 0 Å². The van der Waals surface area contributed by atoms with Gasteiger partial charge in [-0.2, -0.15) is 0 Å². The van der Waals surface area contributed by atoms with Gasteiger partial charge in [-0.05, 0) is 31.5 Å². The Hall–Kier alpha value is -1.46. The van der Waals surface area contributed by atoms with Crippen LogP contribution in [0, 0.1) is 5.82 Å². The van der Waals surface area contributed by atoms with Crippen molar-refractivity contribution in [3.05, 3.63) is 30.1 Å². The Morgan fingerprint density at radius 3 is 3.06 bits per heavy atom. The summed E-state index contributed by atoms with van der Waals surface area (Å²) in [6.45, 7) is 1.73. The molecule has 1 atom stereocenters. The number of piperidine rings is 1. The van der Waals surface area contributed by atoms with E-state index >= 15 is 0 Å². The summed E-state index contributed by atoms with van der Waals surface area (Å²) in [5.74, 6) is -0.768. The van der Waals surface area contributed by atoms with Crippen molar-refractivity contribution in [3.63, 3.8) is 0 Å². The maximum Gasteiger partial charge on any atom is 0.250 e. The second-order valence-corrected chi connectivity index (χ2v) is 4.31. The summed E-state index contributed by atoms with van der Waals surface area (Å²) in [6, 6.07) is 6.08. The number of hydrogen-bond donors (Lipinski definition) is 2. The van der Waals surface area contributed by atoms with Gasteiger partial charge in [0.15, 0.2) is 0 Å². The number of rotatable bonds is 4. The molecule has 1 fully saturated rings. The second-order valence-electron chi connectivity index (χ2n) is 4.31. The third kappa shape index (κ3) is 3.78. The Labute approximate surface area is 106 Å². The summed E-state index contributed by atoms with van der Waals surface area (Å²) in [6.07, 6.45) is 2.09. The van der Waals surface area contributed by atoms with Crippen LogP contribution >= 0.6 is 0 Å². The van der Waals surface area contributed by atoms with Crippen molar-refractivity contribution in [1.82, 2.24) is 5.32 Å². The van der Waals surface area contributed by atoms with Crippen LogP contribution in [-0.2, 0) is 9.53 Å². The molecule has 1 aromatic rings. The molecule has 0 aromatic heterocycles. The molecule has 0 saturated carbocycles. The fraction of sp³-hybridized carbons (Fsp3) is 0.462. The van der Waals surface area contributed by atoms with Gasteiger partial charge in [-0.15, -0.1) is 0 Å². The monoisotopic (exact) mass is 252 g/mol. The lowest BCUT2D eigenvalue weighted by Gasteiger charge is -2.22. The quantitative estimate of drug-likeness (QED) is 0.854. The zero-order valence-electron chi connectivity index (χ0n) is 10.1. The van der Waals surface area contributed by atoms with Crippen LogP contribution in [-0.4, -0.2) is 31.7 Å². The highest BCUT2D eigenvalue weighted by Gasteiger charge is 2.15. The average molecular weight is 252 g/mol. The molecular weight excluding hydrogens is 235 g/mol. The van der Waals surface area contributed by atoms with Crippen molar-refractivity contribution in [1.29, 1.82) is 0 Å². The van der Waals surface area contributed by atoms with Gasteiger partial charge in [0.2, 0.25) is 5.91 Å². The first-order chi connectivity index (χ1) is 8.75.